The minimum atomic E-state index is -3.78. The minimum absolute atomic E-state index is 0.0243. The third kappa shape index (κ3) is 3.74. The van der Waals surface area contributed by atoms with Crippen LogP contribution in [0.5, 0.6) is 0 Å². The van der Waals surface area contributed by atoms with E-state index in [0.29, 0.717) is 30.3 Å². The van der Waals surface area contributed by atoms with Crippen LogP contribution in [0, 0.1) is 11.3 Å². The van der Waals surface area contributed by atoms with Gasteiger partial charge in [-0.3, -0.25) is 4.79 Å². The molecule has 3 aliphatic rings. The second kappa shape index (κ2) is 8.62. The Balaban J connectivity index is 1.47. The van der Waals surface area contributed by atoms with Crippen molar-refractivity contribution in [2.75, 3.05) is 41.9 Å². The van der Waals surface area contributed by atoms with E-state index in [-0.39, 0.29) is 36.2 Å². The number of nitrogens with zero attached hydrogens (tertiary/aromatic N) is 7. The van der Waals surface area contributed by atoms with Crippen LogP contribution in [0.25, 0.3) is 0 Å². The number of sulfone groups is 1. The smallest absolute Gasteiger partial charge is 0.247 e. The number of hydrogen-bond donors (Lipinski definition) is 0. The molecule has 0 saturated carbocycles. The lowest BCUT2D eigenvalue weighted by atomic mass is 9.87. The Bertz CT molecular complexity index is 1410. The first-order chi connectivity index (χ1) is 17.5. The van der Waals surface area contributed by atoms with E-state index in [1.54, 1.807) is 18.3 Å². The second-order valence-electron chi connectivity index (χ2n) is 10.9. The molecule has 0 bridgehead atoms. The molecule has 196 valence electrons. The van der Waals surface area contributed by atoms with Gasteiger partial charge < -0.3 is 14.7 Å². The molecule has 0 spiro atoms. The van der Waals surface area contributed by atoms with Gasteiger partial charge in [-0.25, -0.2) is 27.8 Å². The van der Waals surface area contributed by atoms with Crippen molar-refractivity contribution in [1.82, 2.24) is 19.9 Å². The van der Waals surface area contributed by atoms with Gasteiger partial charge in [-0.05, 0) is 32.4 Å². The molecule has 1 amide bonds. The molecule has 37 heavy (non-hydrogen) atoms. The molecule has 3 atom stereocenters. The summed E-state index contributed by atoms with van der Waals surface area (Å²) >= 11 is 0. The molecule has 2 aromatic rings. The van der Waals surface area contributed by atoms with Crippen molar-refractivity contribution in [1.29, 1.82) is 5.26 Å². The second-order valence-corrected chi connectivity index (χ2v) is 13.3. The Labute approximate surface area is 216 Å². The standard InChI is InChI=1S/C25H30FN7O3S/c1-16-12-32(23(34)25(13-26)6-8-37(25,35)36)17(2)11-31(16)21-20-22(30-15-29-21)33(14-24(20,3)4)19-9-18(10-27)5-7-28-19/h5,7,9,15-17H,6,8,11-14H2,1-4H3/t16-,17+,25?/m0/s1. The van der Waals surface area contributed by atoms with E-state index in [2.05, 4.69) is 39.8 Å². The molecule has 3 aliphatic heterocycles. The number of aromatic nitrogens is 3. The van der Waals surface area contributed by atoms with Gasteiger partial charge in [0.25, 0.3) is 0 Å². The molecular formula is C25H30FN7O3S. The lowest BCUT2D eigenvalue weighted by molar-refractivity contribution is -0.138. The fraction of sp³-hybridized carbons (Fsp3) is 0.560. The molecule has 1 unspecified atom stereocenters. The third-order valence-corrected chi connectivity index (χ3v) is 10.4. The first kappa shape index (κ1) is 25.3. The molecule has 12 heteroatoms. The van der Waals surface area contributed by atoms with Crippen LogP contribution in [0.3, 0.4) is 0 Å². The molecule has 0 radical (unpaired) electrons. The summed E-state index contributed by atoms with van der Waals surface area (Å²) in [6.45, 7) is 8.08. The Kier molecular flexibility index (Phi) is 5.90. The maximum absolute atomic E-state index is 13.9. The average molecular weight is 528 g/mol. The van der Waals surface area contributed by atoms with E-state index in [0.717, 1.165) is 11.4 Å². The van der Waals surface area contributed by atoms with Crippen molar-refractivity contribution < 1.29 is 17.6 Å². The van der Waals surface area contributed by atoms with E-state index in [1.807, 2.05) is 18.7 Å². The summed E-state index contributed by atoms with van der Waals surface area (Å²) in [6, 6.07) is 5.00. The predicted octanol–water partition coefficient (Wildman–Crippen LogP) is 2.12. The van der Waals surface area contributed by atoms with Gasteiger partial charge in [0, 0.05) is 48.9 Å². The SMILES string of the molecule is C[C@@H]1CN(c2ncnc3c2C(C)(C)CN3c2cc(C#N)ccn2)[C@@H](C)CN1C(=O)C1(CF)CCS1(=O)=O. The number of pyridine rings is 1. The number of nitriles is 1. The predicted molar refractivity (Wildman–Crippen MR) is 136 cm³/mol. The fourth-order valence-electron chi connectivity index (χ4n) is 5.70. The van der Waals surface area contributed by atoms with Gasteiger partial charge in [-0.15, -0.1) is 0 Å². The van der Waals surface area contributed by atoms with Crippen LogP contribution in [0.1, 0.15) is 45.2 Å². The minimum Gasteiger partial charge on any atom is -0.350 e. The number of amides is 1. The number of anilines is 3. The summed E-state index contributed by atoms with van der Waals surface area (Å²) in [6.07, 6.45) is 3.13. The van der Waals surface area contributed by atoms with Crippen molar-refractivity contribution in [3.8, 4) is 6.07 Å². The summed E-state index contributed by atoms with van der Waals surface area (Å²) in [5.41, 5.74) is 1.11. The first-order valence-electron chi connectivity index (χ1n) is 12.3. The quantitative estimate of drug-likeness (QED) is 0.588. The van der Waals surface area contributed by atoms with Crippen LogP contribution in [0.15, 0.2) is 24.7 Å². The molecule has 5 rings (SSSR count). The summed E-state index contributed by atoms with van der Waals surface area (Å²) in [7, 11) is -3.78. The van der Waals surface area contributed by atoms with Gasteiger partial charge in [-0.2, -0.15) is 5.26 Å². The zero-order valence-electron chi connectivity index (χ0n) is 21.3. The lowest BCUT2D eigenvalue weighted by Crippen LogP contribution is -2.68. The molecule has 2 aromatic heterocycles. The highest BCUT2D eigenvalue weighted by atomic mass is 32.2. The van der Waals surface area contributed by atoms with Crippen molar-refractivity contribution in [2.45, 2.75) is 56.4 Å². The normalized spacial score (nSPS) is 27.8. The van der Waals surface area contributed by atoms with Crippen molar-refractivity contribution in [3.05, 3.63) is 35.8 Å². The Morgan fingerprint density at radius 2 is 1.92 bits per heavy atom. The van der Waals surface area contributed by atoms with E-state index in [4.69, 9.17) is 0 Å². The average Bonchev–Trinajstić information content (AvgIpc) is 3.16. The van der Waals surface area contributed by atoms with Gasteiger partial charge in [-0.1, -0.05) is 13.8 Å². The molecule has 10 nitrogen and oxygen atoms in total. The monoisotopic (exact) mass is 527 g/mol. The summed E-state index contributed by atoms with van der Waals surface area (Å²) < 4.78 is 36.7. The number of rotatable bonds is 4. The summed E-state index contributed by atoms with van der Waals surface area (Å²) in [5.74, 6) is 1.30. The highest BCUT2D eigenvalue weighted by Gasteiger charge is 2.60. The molecule has 5 heterocycles. The maximum atomic E-state index is 13.9. The third-order valence-electron chi connectivity index (χ3n) is 7.94. The molecule has 0 N–H and O–H groups in total. The van der Waals surface area contributed by atoms with Crippen LogP contribution in [0.2, 0.25) is 0 Å². The maximum Gasteiger partial charge on any atom is 0.247 e. The van der Waals surface area contributed by atoms with E-state index < -0.39 is 27.2 Å². The summed E-state index contributed by atoms with van der Waals surface area (Å²) in [4.78, 5) is 32.7. The van der Waals surface area contributed by atoms with Gasteiger partial charge in [0.15, 0.2) is 14.6 Å². The topological polar surface area (TPSA) is 123 Å². The molecule has 0 aliphatic carbocycles. The molecule has 2 saturated heterocycles. The van der Waals surface area contributed by atoms with Gasteiger partial charge in [0.05, 0.1) is 17.4 Å². The number of alkyl halides is 1. The van der Waals surface area contributed by atoms with Crippen LogP contribution < -0.4 is 9.80 Å². The lowest BCUT2D eigenvalue weighted by Gasteiger charge is -2.49. The molecular weight excluding hydrogens is 497 g/mol. The number of carbonyl (C=O) groups is 1. The number of fused-ring (bicyclic) bond motifs is 1. The van der Waals surface area contributed by atoms with Crippen molar-refractivity contribution in [3.63, 3.8) is 0 Å². The molecule has 0 aromatic carbocycles. The van der Waals surface area contributed by atoms with Crippen molar-refractivity contribution >= 4 is 33.2 Å². The Morgan fingerprint density at radius 1 is 1.19 bits per heavy atom. The fourth-order valence-corrected chi connectivity index (χ4v) is 7.28. The van der Waals surface area contributed by atoms with E-state index >= 15 is 0 Å². The van der Waals surface area contributed by atoms with Gasteiger partial charge in [0.2, 0.25) is 5.91 Å². The first-order valence-corrected chi connectivity index (χ1v) is 14.0. The zero-order chi connectivity index (χ0) is 26.8. The van der Waals surface area contributed by atoms with Crippen LogP contribution in [0.4, 0.5) is 21.8 Å². The number of hydrogen-bond acceptors (Lipinski definition) is 9. The largest absolute Gasteiger partial charge is 0.350 e. The number of carbonyl (C=O) groups excluding carboxylic acids is 1. The van der Waals surface area contributed by atoms with Crippen LogP contribution in [-0.4, -0.2) is 83.1 Å². The van der Waals surface area contributed by atoms with Gasteiger partial charge >= 0.3 is 0 Å². The highest BCUT2D eigenvalue weighted by molar-refractivity contribution is 7.95. The summed E-state index contributed by atoms with van der Waals surface area (Å²) in [5, 5.41) is 9.34. The van der Waals surface area contributed by atoms with Crippen LogP contribution in [-0.2, 0) is 20.0 Å². The number of halogens is 1. The van der Waals surface area contributed by atoms with Gasteiger partial charge in [0.1, 0.15) is 30.5 Å². The van der Waals surface area contributed by atoms with E-state index in [9.17, 15) is 22.9 Å². The van der Waals surface area contributed by atoms with Crippen molar-refractivity contribution in [2.24, 2.45) is 0 Å². The highest BCUT2D eigenvalue weighted by Crippen LogP contribution is 2.47. The Hall–Kier alpha value is -3.33. The zero-order valence-corrected chi connectivity index (χ0v) is 22.2. The Morgan fingerprint density at radius 3 is 2.54 bits per heavy atom. The number of piperazine rings is 1. The van der Waals surface area contributed by atoms with E-state index in [1.165, 1.54) is 11.2 Å². The van der Waals surface area contributed by atoms with Crippen LogP contribution >= 0.6 is 0 Å². The molecule has 2 fully saturated rings.